The number of rotatable bonds is 10. The van der Waals surface area contributed by atoms with Gasteiger partial charge in [-0.25, -0.2) is 0 Å². The predicted octanol–water partition coefficient (Wildman–Crippen LogP) is 6.59. The summed E-state index contributed by atoms with van der Waals surface area (Å²) in [6, 6.07) is 9.25. The van der Waals surface area contributed by atoms with Gasteiger partial charge in [-0.1, -0.05) is 69.2 Å². The van der Waals surface area contributed by atoms with E-state index in [0.717, 1.165) is 25.0 Å². The second-order valence-corrected chi connectivity index (χ2v) is 8.90. The smallest absolute Gasteiger partial charge is 0.0716 e. The highest BCUT2D eigenvalue weighted by atomic mass is 16.5. The molecule has 2 fully saturated rings. The van der Waals surface area contributed by atoms with Gasteiger partial charge in [0, 0.05) is 6.61 Å². The highest BCUT2D eigenvalue weighted by Gasteiger charge is 2.15. The first-order valence-corrected chi connectivity index (χ1v) is 11.8. The van der Waals surface area contributed by atoms with Gasteiger partial charge >= 0.3 is 0 Å². The normalized spacial score (nSPS) is 21.9. The zero-order chi connectivity index (χ0) is 18.6. The van der Waals surface area contributed by atoms with Crippen molar-refractivity contribution < 1.29 is 4.74 Å². The first-order chi connectivity index (χ1) is 13.4. The van der Waals surface area contributed by atoms with E-state index in [-0.39, 0.29) is 0 Å². The molecule has 0 amide bonds. The van der Waals surface area contributed by atoms with Crippen molar-refractivity contribution in [2.75, 3.05) is 19.7 Å². The molecule has 1 aliphatic carbocycles. The highest BCUT2D eigenvalue weighted by molar-refractivity contribution is 5.25. The summed E-state index contributed by atoms with van der Waals surface area (Å²) >= 11 is 0. The SMILES string of the molecule is c1cc(C2CCCCC2)ccc1COCCCCCCC1CCCCNC1. The Morgan fingerprint density at radius 2 is 1.59 bits per heavy atom. The molecule has 2 aliphatic rings. The number of nitrogens with one attached hydrogen (secondary N) is 1. The Kier molecular flexibility index (Phi) is 9.71. The molecule has 2 heteroatoms. The molecular weight excluding hydrogens is 330 g/mol. The van der Waals surface area contributed by atoms with Crippen LogP contribution < -0.4 is 5.32 Å². The van der Waals surface area contributed by atoms with Crippen LogP contribution in [-0.2, 0) is 11.3 Å². The van der Waals surface area contributed by atoms with Crippen molar-refractivity contribution >= 4 is 0 Å². The molecule has 1 saturated carbocycles. The van der Waals surface area contributed by atoms with Crippen LogP contribution in [0.25, 0.3) is 0 Å². The molecule has 1 aromatic rings. The van der Waals surface area contributed by atoms with Gasteiger partial charge in [0.1, 0.15) is 0 Å². The van der Waals surface area contributed by atoms with Gasteiger partial charge in [0.05, 0.1) is 6.61 Å². The maximum atomic E-state index is 5.91. The highest BCUT2D eigenvalue weighted by Crippen LogP contribution is 2.32. The van der Waals surface area contributed by atoms with E-state index in [1.54, 1.807) is 5.56 Å². The van der Waals surface area contributed by atoms with E-state index in [1.165, 1.54) is 102 Å². The van der Waals surface area contributed by atoms with E-state index < -0.39 is 0 Å². The van der Waals surface area contributed by atoms with Crippen LogP contribution in [0.15, 0.2) is 24.3 Å². The van der Waals surface area contributed by atoms with E-state index in [1.807, 2.05) is 0 Å². The van der Waals surface area contributed by atoms with Crippen LogP contribution in [0.3, 0.4) is 0 Å². The third-order valence-electron chi connectivity index (χ3n) is 6.63. The number of benzene rings is 1. The number of hydrogen-bond donors (Lipinski definition) is 1. The van der Waals surface area contributed by atoms with Gasteiger partial charge in [-0.05, 0) is 74.6 Å². The van der Waals surface area contributed by atoms with Crippen molar-refractivity contribution in [3.63, 3.8) is 0 Å². The third-order valence-corrected chi connectivity index (χ3v) is 6.63. The maximum absolute atomic E-state index is 5.91. The molecule has 0 radical (unpaired) electrons. The Balaban J connectivity index is 1.20. The summed E-state index contributed by atoms with van der Waals surface area (Å²) in [5, 5.41) is 3.58. The summed E-state index contributed by atoms with van der Waals surface area (Å²) in [5.74, 6) is 1.74. The van der Waals surface area contributed by atoms with E-state index >= 15 is 0 Å². The minimum Gasteiger partial charge on any atom is -0.377 e. The molecule has 1 unspecified atom stereocenters. The van der Waals surface area contributed by atoms with Gasteiger partial charge in [0.2, 0.25) is 0 Å². The fourth-order valence-electron chi connectivity index (χ4n) is 4.84. The quantitative estimate of drug-likeness (QED) is 0.468. The molecular formula is C25H41NO. The van der Waals surface area contributed by atoms with E-state index in [9.17, 15) is 0 Å². The van der Waals surface area contributed by atoms with Crippen LogP contribution in [0.2, 0.25) is 0 Å². The van der Waals surface area contributed by atoms with Gasteiger partial charge in [0.15, 0.2) is 0 Å². The second kappa shape index (κ2) is 12.6. The first kappa shape index (κ1) is 20.9. The van der Waals surface area contributed by atoms with Crippen molar-refractivity contribution in [2.45, 2.75) is 96.0 Å². The number of unbranched alkanes of at least 4 members (excludes halogenated alkanes) is 3. The maximum Gasteiger partial charge on any atom is 0.0716 e. The van der Waals surface area contributed by atoms with Crippen LogP contribution in [0.1, 0.15) is 101 Å². The predicted molar refractivity (Wildman–Crippen MR) is 115 cm³/mol. The Bertz CT molecular complexity index is 484. The largest absolute Gasteiger partial charge is 0.377 e. The van der Waals surface area contributed by atoms with Crippen molar-refractivity contribution in [3.8, 4) is 0 Å². The average molecular weight is 372 g/mol. The van der Waals surface area contributed by atoms with E-state index in [4.69, 9.17) is 4.74 Å². The molecule has 3 rings (SSSR count). The summed E-state index contributed by atoms with van der Waals surface area (Å²) in [4.78, 5) is 0. The first-order valence-electron chi connectivity index (χ1n) is 11.8. The zero-order valence-corrected chi connectivity index (χ0v) is 17.4. The summed E-state index contributed by atoms with van der Waals surface area (Å²) < 4.78 is 5.91. The summed E-state index contributed by atoms with van der Waals surface area (Å²) in [6.07, 6.45) is 18.0. The van der Waals surface area contributed by atoms with Crippen LogP contribution in [0.5, 0.6) is 0 Å². The van der Waals surface area contributed by atoms with Gasteiger partial charge < -0.3 is 10.1 Å². The van der Waals surface area contributed by atoms with Gasteiger partial charge in [-0.3, -0.25) is 0 Å². The van der Waals surface area contributed by atoms with Crippen molar-refractivity contribution in [3.05, 3.63) is 35.4 Å². The third kappa shape index (κ3) is 7.95. The molecule has 0 bridgehead atoms. The van der Waals surface area contributed by atoms with Crippen LogP contribution in [0.4, 0.5) is 0 Å². The van der Waals surface area contributed by atoms with Gasteiger partial charge in [0.25, 0.3) is 0 Å². The van der Waals surface area contributed by atoms with Gasteiger partial charge in [-0.2, -0.15) is 0 Å². The average Bonchev–Trinajstić information content (AvgIpc) is 3.00. The lowest BCUT2D eigenvalue weighted by Gasteiger charge is -2.22. The minimum absolute atomic E-state index is 0.776. The van der Waals surface area contributed by atoms with Crippen LogP contribution >= 0.6 is 0 Å². The summed E-state index contributed by atoms with van der Waals surface area (Å²) in [5.41, 5.74) is 2.87. The number of hydrogen-bond acceptors (Lipinski definition) is 2. The summed E-state index contributed by atoms with van der Waals surface area (Å²) in [6.45, 7) is 4.17. The lowest BCUT2D eigenvalue weighted by atomic mass is 9.84. The molecule has 2 nitrogen and oxygen atoms in total. The second-order valence-electron chi connectivity index (χ2n) is 8.90. The molecule has 0 spiro atoms. The standard InChI is InChI=1S/C25H41NO/c1(4-10-22-11-7-8-18-26-20-22)2-9-19-27-21-23-14-16-25(17-15-23)24-12-5-3-6-13-24/h14-17,22,24,26H,1-13,18-21H2. The molecule has 1 aliphatic heterocycles. The van der Waals surface area contributed by atoms with Crippen LogP contribution in [0, 0.1) is 5.92 Å². The van der Waals surface area contributed by atoms with Crippen molar-refractivity contribution in [1.29, 1.82) is 0 Å². The lowest BCUT2D eigenvalue weighted by Crippen LogP contribution is -2.20. The Hall–Kier alpha value is -0.860. The number of ether oxygens (including phenoxy) is 1. The summed E-state index contributed by atoms with van der Waals surface area (Å²) in [7, 11) is 0. The molecule has 1 heterocycles. The molecule has 27 heavy (non-hydrogen) atoms. The minimum atomic E-state index is 0.776. The molecule has 1 N–H and O–H groups in total. The van der Waals surface area contributed by atoms with Crippen molar-refractivity contribution in [1.82, 2.24) is 5.32 Å². The lowest BCUT2D eigenvalue weighted by molar-refractivity contribution is 0.116. The van der Waals surface area contributed by atoms with E-state index in [2.05, 4.69) is 29.6 Å². The molecule has 1 saturated heterocycles. The monoisotopic (exact) mass is 371 g/mol. The van der Waals surface area contributed by atoms with E-state index in [0.29, 0.717) is 0 Å². The fourth-order valence-corrected chi connectivity index (χ4v) is 4.84. The molecule has 1 atom stereocenters. The Morgan fingerprint density at radius 3 is 2.44 bits per heavy atom. The van der Waals surface area contributed by atoms with Gasteiger partial charge in [-0.15, -0.1) is 0 Å². The van der Waals surface area contributed by atoms with Crippen molar-refractivity contribution in [2.24, 2.45) is 5.92 Å². The Morgan fingerprint density at radius 1 is 0.815 bits per heavy atom. The van der Waals surface area contributed by atoms with Crippen LogP contribution in [-0.4, -0.2) is 19.7 Å². The molecule has 1 aromatic carbocycles. The fraction of sp³-hybridized carbons (Fsp3) is 0.760. The zero-order valence-electron chi connectivity index (χ0n) is 17.4. The Labute approximate surface area is 167 Å². The molecule has 0 aromatic heterocycles. The topological polar surface area (TPSA) is 21.3 Å². The molecule has 152 valence electrons.